The Morgan fingerprint density at radius 2 is 2.06 bits per heavy atom. The van der Waals surface area contributed by atoms with Crippen molar-refractivity contribution in [2.75, 3.05) is 19.6 Å². The molecule has 0 radical (unpaired) electrons. The van der Waals surface area contributed by atoms with Crippen LogP contribution in [0.3, 0.4) is 0 Å². The van der Waals surface area contributed by atoms with Crippen molar-refractivity contribution in [3.8, 4) is 0 Å². The van der Waals surface area contributed by atoms with E-state index in [1.165, 1.54) is 58.2 Å². The fraction of sp³-hybridized carbons (Fsp3) is 1.00. The van der Waals surface area contributed by atoms with Crippen LogP contribution < -0.4 is 5.32 Å². The Bertz CT molecular complexity index is 201. The molecule has 1 N–H and O–H groups in total. The standard InChI is InChI=1S/C14H28N2/c1-3-4-10-16(13-7-8-13)11-14-12(2)6-5-9-15-14/h12-15H,3-11H2,1-2H3. The van der Waals surface area contributed by atoms with E-state index >= 15 is 0 Å². The highest BCUT2D eigenvalue weighted by atomic mass is 15.2. The molecular weight excluding hydrogens is 196 g/mol. The SMILES string of the molecule is CCCCN(CC1NCCCC1C)C1CC1. The van der Waals surface area contributed by atoms with E-state index in [0.29, 0.717) is 0 Å². The number of nitrogens with zero attached hydrogens (tertiary/aromatic N) is 1. The molecule has 1 saturated heterocycles. The topological polar surface area (TPSA) is 15.3 Å². The Morgan fingerprint density at radius 3 is 2.69 bits per heavy atom. The van der Waals surface area contributed by atoms with Crippen LogP contribution in [0.15, 0.2) is 0 Å². The molecule has 2 nitrogen and oxygen atoms in total. The zero-order valence-corrected chi connectivity index (χ0v) is 11.0. The van der Waals surface area contributed by atoms with Crippen molar-refractivity contribution in [2.24, 2.45) is 5.92 Å². The van der Waals surface area contributed by atoms with Gasteiger partial charge in [0, 0.05) is 18.6 Å². The maximum Gasteiger partial charge on any atom is 0.0220 e. The van der Waals surface area contributed by atoms with E-state index in [1.807, 2.05) is 0 Å². The Labute approximate surface area is 101 Å². The molecule has 1 saturated carbocycles. The van der Waals surface area contributed by atoms with Gasteiger partial charge in [-0.15, -0.1) is 0 Å². The molecule has 0 aromatic heterocycles. The minimum Gasteiger partial charge on any atom is -0.312 e. The van der Waals surface area contributed by atoms with E-state index in [0.717, 1.165) is 18.0 Å². The number of piperidine rings is 1. The molecule has 0 aromatic carbocycles. The zero-order valence-electron chi connectivity index (χ0n) is 11.0. The summed E-state index contributed by atoms with van der Waals surface area (Å²) in [5, 5.41) is 3.72. The summed E-state index contributed by atoms with van der Waals surface area (Å²) in [4.78, 5) is 2.75. The minimum absolute atomic E-state index is 0.756. The van der Waals surface area contributed by atoms with Gasteiger partial charge in [-0.1, -0.05) is 20.3 Å². The van der Waals surface area contributed by atoms with E-state index in [-0.39, 0.29) is 0 Å². The lowest BCUT2D eigenvalue weighted by Gasteiger charge is -2.35. The highest BCUT2D eigenvalue weighted by Gasteiger charge is 2.31. The molecule has 2 rings (SSSR count). The fourth-order valence-corrected chi connectivity index (χ4v) is 2.83. The molecule has 0 aromatic rings. The van der Waals surface area contributed by atoms with Crippen LogP contribution in [-0.2, 0) is 0 Å². The molecule has 2 aliphatic rings. The third-order valence-electron chi connectivity index (χ3n) is 4.22. The summed E-state index contributed by atoms with van der Waals surface area (Å²) in [6, 6.07) is 1.69. The summed E-state index contributed by atoms with van der Waals surface area (Å²) in [5.74, 6) is 0.872. The van der Waals surface area contributed by atoms with Crippen molar-refractivity contribution >= 4 is 0 Å². The smallest absolute Gasteiger partial charge is 0.0220 e. The molecule has 2 fully saturated rings. The lowest BCUT2D eigenvalue weighted by molar-refractivity contribution is 0.182. The van der Waals surface area contributed by atoms with Gasteiger partial charge in [0.1, 0.15) is 0 Å². The average molecular weight is 224 g/mol. The van der Waals surface area contributed by atoms with Gasteiger partial charge >= 0.3 is 0 Å². The summed E-state index contributed by atoms with van der Waals surface area (Å²) in [7, 11) is 0. The quantitative estimate of drug-likeness (QED) is 0.746. The molecule has 2 unspecified atom stereocenters. The second-order valence-electron chi connectivity index (χ2n) is 5.76. The van der Waals surface area contributed by atoms with Crippen LogP contribution in [0.1, 0.15) is 52.4 Å². The number of unbranched alkanes of at least 4 members (excludes halogenated alkanes) is 1. The third-order valence-corrected chi connectivity index (χ3v) is 4.22. The van der Waals surface area contributed by atoms with Crippen molar-refractivity contribution in [1.29, 1.82) is 0 Å². The van der Waals surface area contributed by atoms with E-state index in [1.54, 1.807) is 0 Å². The van der Waals surface area contributed by atoms with Crippen molar-refractivity contribution in [3.05, 3.63) is 0 Å². The highest BCUT2D eigenvalue weighted by Crippen LogP contribution is 2.28. The van der Waals surface area contributed by atoms with Gasteiger partial charge in [-0.05, 0) is 51.1 Å². The Morgan fingerprint density at radius 1 is 1.25 bits per heavy atom. The second kappa shape index (κ2) is 6.02. The van der Waals surface area contributed by atoms with Crippen LogP contribution in [0.4, 0.5) is 0 Å². The average Bonchev–Trinajstić information content (AvgIpc) is 3.10. The van der Waals surface area contributed by atoms with Crippen LogP contribution in [0, 0.1) is 5.92 Å². The molecule has 2 heteroatoms. The third kappa shape index (κ3) is 3.46. The first kappa shape index (κ1) is 12.4. The fourth-order valence-electron chi connectivity index (χ4n) is 2.83. The minimum atomic E-state index is 0.756. The summed E-state index contributed by atoms with van der Waals surface area (Å²) >= 11 is 0. The predicted molar refractivity (Wildman–Crippen MR) is 69.7 cm³/mol. The molecule has 1 aliphatic heterocycles. The maximum absolute atomic E-state index is 3.72. The summed E-state index contributed by atoms with van der Waals surface area (Å²) in [5.41, 5.74) is 0. The van der Waals surface area contributed by atoms with E-state index in [9.17, 15) is 0 Å². The summed E-state index contributed by atoms with van der Waals surface area (Å²) in [6.07, 6.45) is 8.39. The number of rotatable bonds is 6. The van der Waals surface area contributed by atoms with Gasteiger partial charge in [-0.2, -0.15) is 0 Å². The Balaban J connectivity index is 1.78. The molecule has 94 valence electrons. The van der Waals surface area contributed by atoms with Gasteiger partial charge in [0.05, 0.1) is 0 Å². The summed E-state index contributed by atoms with van der Waals surface area (Å²) in [6.45, 7) is 8.58. The molecule has 2 atom stereocenters. The van der Waals surface area contributed by atoms with Crippen molar-refractivity contribution in [1.82, 2.24) is 10.2 Å². The molecule has 0 spiro atoms. The summed E-state index contributed by atoms with van der Waals surface area (Å²) < 4.78 is 0. The zero-order chi connectivity index (χ0) is 11.4. The van der Waals surface area contributed by atoms with Crippen molar-refractivity contribution in [3.63, 3.8) is 0 Å². The molecule has 16 heavy (non-hydrogen) atoms. The van der Waals surface area contributed by atoms with Gasteiger partial charge in [-0.3, -0.25) is 4.90 Å². The molecule has 1 aliphatic carbocycles. The normalized spacial score (nSPS) is 30.9. The first-order valence-corrected chi connectivity index (χ1v) is 7.28. The highest BCUT2D eigenvalue weighted by molar-refractivity contribution is 4.89. The van der Waals surface area contributed by atoms with Crippen LogP contribution in [0.25, 0.3) is 0 Å². The van der Waals surface area contributed by atoms with Crippen LogP contribution in [0.2, 0.25) is 0 Å². The lowest BCUT2D eigenvalue weighted by Crippen LogP contribution is -2.48. The van der Waals surface area contributed by atoms with E-state index in [4.69, 9.17) is 0 Å². The molecule has 0 bridgehead atoms. The Kier molecular flexibility index (Phi) is 4.66. The number of hydrogen-bond acceptors (Lipinski definition) is 2. The predicted octanol–water partition coefficient (Wildman–Crippen LogP) is 2.64. The van der Waals surface area contributed by atoms with Crippen molar-refractivity contribution in [2.45, 2.75) is 64.5 Å². The number of nitrogens with one attached hydrogen (secondary N) is 1. The molecular formula is C14H28N2. The van der Waals surface area contributed by atoms with Crippen LogP contribution in [0.5, 0.6) is 0 Å². The van der Waals surface area contributed by atoms with Gasteiger partial charge < -0.3 is 5.32 Å². The molecule has 0 amide bonds. The van der Waals surface area contributed by atoms with E-state index < -0.39 is 0 Å². The van der Waals surface area contributed by atoms with E-state index in [2.05, 4.69) is 24.1 Å². The maximum atomic E-state index is 3.72. The molecule has 1 heterocycles. The Hall–Kier alpha value is -0.0800. The van der Waals surface area contributed by atoms with Crippen molar-refractivity contribution < 1.29 is 0 Å². The van der Waals surface area contributed by atoms with Gasteiger partial charge in [0.25, 0.3) is 0 Å². The first-order valence-electron chi connectivity index (χ1n) is 7.28. The van der Waals surface area contributed by atoms with Crippen LogP contribution in [-0.4, -0.2) is 36.6 Å². The van der Waals surface area contributed by atoms with Gasteiger partial charge in [0.15, 0.2) is 0 Å². The van der Waals surface area contributed by atoms with Crippen LogP contribution >= 0.6 is 0 Å². The lowest BCUT2D eigenvalue weighted by atomic mass is 9.92. The second-order valence-corrected chi connectivity index (χ2v) is 5.76. The largest absolute Gasteiger partial charge is 0.312 e. The first-order chi connectivity index (χ1) is 7.81. The number of hydrogen-bond donors (Lipinski definition) is 1. The monoisotopic (exact) mass is 224 g/mol. The van der Waals surface area contributed by atoms with Gasteiger partial charge in [0.2, 0.25) is 0 Å². The van der Waals surface area contributed by atoms with Gasteiger partial charge in [-0.25, -0.2) is 0 Å².